The van der Waals surface area contributed by atoms with Crippen molar-refractivity contribution >= 4 is 34.9 Å². The highest BCUT2D eigenvalue weighted by Gasteiger charge is 2.28. The lowest BCUT2D eigenvalue weighted by atomic mass is 10.1. The number of aromatic nitrogens is 2. The number of aryl methyl sites for hydroxylation is 1. The summed E-state index contributed by atoms with van der Waals surface area (Å²) in [6, 6.07) is 21.2. The van der Waals surface area contributed by atoms with Gasteiger partial charge in [0, 0.05) is 82.7 Å². The maximum absolute atomic E-state index is 11.9. The van der Waals surface area contributed by atoms with Crippen LogP contribution in [0.2, 0.25) is 0 Å². The number of morpholine rings is 1. The maximum Gasteiger partial charge on any atom is 0.249 e. The van der Waals surface area contributed by atoms with Gasteiger partial charge in [-0.05, 0) is 67.9 Å². The highest BCUT2D eigenvalue weighted by Crippen LogP contribution is 2.52. The Morgan fingerprint density at radius 3 is 2.84 bits per heavy atom. The molecule has 0 saturated carbocycles. The predicted molar refractivity (Wildman–Crippen MR) is 178 cm³/mol. The van der Waals surface area contributed by atoms with Crippen molar-refractivity contribution < 1.29 is 9.47 Å². The normalized spacial score (nSPS) is 16.8. The molecule has 2 N–H and O–H groups in total. The fraction of sp³-hybridized carbons (Fsp3) is 0.353. The van der Waals surface area contributed by atoms with E-state index in [-0.39, 0.29) is 17.7 Å². The number of fused-ring (bicyclic) bond motifs is 2. The minimum atomic E-state index is -0.0871. The number of H-pyrrole nitrogens is 1. The first-order valence-electron chi connectivity index (χ1n) is 15.0. The van der Waals surface area contributed by atoms with Crippen LogP contribution in [0.4, 0.5) is 11.4 Å². The summed E-state index contributed by atoms with van der Waals surface area (Å²) in [7, 11) is 3.88. The lowest BCUT2D eigenvalue weighted by Gasteiger charge is -2.36. The molecular formula is C34H39N5O3S2. The molecule has 0 amide bonds. The minimum absolute atomic E-state index is 0.0710. The zero-order valence-electron chi connectivity index (χ0n) is 25.4. The summed E-state index contributed by atoms with van der Waals surface area (Å²) in [6.45, 7) is 6.71. The third-order valence-electron chi connectivity index (χ3n) is 8.03. The van der Waals surface area contributed by atoms with Crippen LogP contribution >= 0.6 is 23.5 Å². The molecule has 0 bridgehead atoms. The van der Waals surface area contributed by atoms with Gasteiger partial charge in [-0.25, -0.2) is 0 Å². The van der Waals surface area contributed by atoms with E-state index in [9.17, 15) is 4.79 Å². The van der Waals surface area contributed by atoms with Gasteiger partial charge in [-0.3, -0.25) is 9.78 Å². The Labute approximate surface area is 267 Å². The number of pyridine rings is 2. The van der Waals surface area contributed by atoms with Crippen molar-refractivity contribution in [3.63, 3.8) is 0 Å². The van der Waals surface area contributed by atoms with Gasteiger partial charge in [-0.15, -0.1) is 0 Å². The van der Waals surface area contributed by atoms with E-state index >= 15 is 0 Å². The number of hydrogen-bond donors (Lipinski definition) is 2. The van der Waals surface area contributed by atoms with E-state index in [0.717, 1.165) is 55.3 Å². The molecule has 2 aliphatic heterocycles. The molecule has 2 aromatic heterocycles. The van der Waals surface area contributed by atoms with Gasteiger partial charge < -0.3 is 29.6 Å². The molecule has 1 saturated heterocycles. The zero-order valence-corrected chi connectivity index (χ0v) is 27.0. The second-order valence-electron chi connectivity index (χ2n) is 11.3. The number of nitrogens with one attached hydrogen (secondary N) is 2. The van der Waals surface area contributed by atoms with Crippen molar-refractivity contribution in [2.75, 3.05) is 63.8 Å². The molecule has 2 aromatic carbocycles. The molecule has 6 rings (SSSR count). The average Bonchev–Trinajstić information content (AvgIpc) is 3.05. The van der Waals surface area contributed by atoms with Gasteiger partial charge in [0.1, 0.15) is 6.10 Å². The zero-order chi connectivity index (χ0) is 30.5. The number of anilines is 2. The number of nitrogens with zero attached hydrogens (tertiary/aromatic N) is 3. The molecule has 0 radical (unpaired) electrons. The maximum atomic E-state index is 11.9. The quantitative estimate of drug-likeness (QED) is 0.173. The molecule has 4 aromatic rings. The predicted octanol–water partition coefficient (Wildman–Crippen LogP) is 6.39. The van der Waals surface area contributed by atoms with Gasteiger partial charge in [0.05, 0.1) is 24.9 Å². The smallest absolute Gasteiger partial charge is 0.249 e. The monoisotopic (exact) mass is 629 g/mol. The fourth-order valence-corrected chi connectivity index (χ4v) is 8.01. The molecule has 230 valence electrons. The van der Waals surface area contributed by atoms with E-state index in [2.05, 4.69) is 82.6 Å². The summed E-state index contributed by atoms with van der Waals surface area (Å²) in [5.74, 6) is 0. The number of rotatable bonds is 11. The third-order valence-corrected chi connectivity index (χ3v) is 10.6. The topological polar surface area (TPSA) is 82.7 Å². The van der Waals surface area contributed by atoms with Gasteiger partial charge in [0.2, 0.25) is 5.56 Å². The SMILES string of the molecule is COCCN(C)CCC(Nc1ccc2c(c1)Sc1cccc(C3CN(c4cc[nH]c(=O)c4)CCO3)c1S2)c1ccc(C)cn1. The van der Waals surface area contributed by atoms with Crippen molar-refractivity contribution in [2.24, 2.45) is 0 Å². The van der Waals surface area contributed by atoms with E-state index in [1.54, 1.807) is 19.4 Å². The van der Waals surface area contributed by atoms with Crippen LogP contribution in [-0.4, -0.2) is 68.4 Å². The van der Waals surface area contributed by atoms with E-state index in [0.29, 0.717) is 13.2 Å². The van der Waals surface area contributed by atoms with Crippen LogP contribution in [0.25, 0.3) is 0 Å². The Morgan fingerprint density at radius 1 is 1.11 bits per heavy atom. The number of ether oxygens (including phenoxy) is 2. The first-order chi connectivity index (χ1) is 21.5. The van der Waals surface area contributed by atoms with Gasteiger partial charge >= 0.3 is 0 Å². The van der Waals surface area contributed by atoms with Crippen molar-refractivity contribution in [3.8, 4) is 0 Å². The highest BCUT2D eigenvalue weighted by molar-refractivity contribution is 8.05. The van der Waals surface area contributed by atoms with Crippen LogP contribution in [0, 0.1) is 6.92 Å². The second kappa shape index (κ2) is 14.2. The Bertz CT molecular complexity index is 1630. The molecular weight excluding hydrogens is 591 g/mol. The van der Waals surface area contributed by atoms with Crippen LogP contribution in [-0.2, 0) is 9.47 Å². The van der Waals surface area contributed by atoms with Crippen LogP contribution in [0.15, 0.2) is 97.4 Å². The summed E-state index contributed by atoms with van der Waals surface area (Å²) in [4.78, 5) is 28.9. The third kappa shape index (κ3) is 7.33. The summed E-state index contributed by atoms with van der Waals surface area (Å²) >= 11 is 3.63. The van der Waals surface area contributed by atoms with E-state index in [4.69, 9.17) is 14.5 Å². The van der Waals surface area contributed by atoms with Crippen molar-refractivity contribution in [1.82, 2.24) is 14.9 Å². The molecule has 0 aliphatic carbocycles. The molecule has 2 atom stereocenters. The Balaban J connectivity index is 1.19. The van der Waals surface area contributed by atoms with Crippen molar-refractivity contribution in [2.45, 2.75) is 45.1 Å². The fourth-order valence-electron chi connectivity index (χ4n) is 5.56. The summed E-state index contributed by atoms with van der Waals surface area (Å²) in [6.07, 6.45) is 4.51. The molecule has 44 heavy (non-hydrogen) atoms. The number of hydrogen-bond acceptors (Lipinski definition) is 9. The lowest BCUT2D eigenvalue weighted by molar-refractivity contribution is 0.0379. The summed E-state index contributed by atoms with van der Waals surface area (Å²) < 4.78 is 11.6. The van der Waals surface area contributed by atoms with Gasteiger partial charge in [0.25, 0.3) is 0 Å². The lowest BCUT2D eigenvalue weighted by Crippen LogP contribution is -2.39. The van der Waals surface area contributed by atoms with E-state index in [1.165, 1.54) is 25.1 Å². The minimum Gasteiger partial charge on any atom is -0.383 e. The first kappa shape index (κ1) is 30.7. The molecule has 10 heteroatoms. The van der Waals surface area contributed by atoms with Gasteiger partial charge in [-0.2, -0.15) is 0 Å². The van der Waals surface area contributed by atoms with Crippen LogP contribution < -0.4 is 15.8 Å². The average molecular weight is 630 g/mol. The standard InChI is InChI=1S/C34H39N5O3S2/c1-23-7-9-27(36-21-23)28(12-14-38(2)15-17-41-3)37-24-8-10-30-32(19-24)43-31-6-4-5-26(34(31)44-30)29-22-39(16-18-42-29)25-11-13-35-33(40)20-25/h4-11,13,19-21,28-29,37H,12,14-18,22H2,1-3H3,(H,35,40). The number of likely N-dealkylation sites (N-methyl/N-ethyl adjacent to an activating group) is 1. The van der Waals surface area contributed by atoms with E-state index < -0.39 is 0 Å². The van der Waals surface area contributed by atoms with Crippen LogP contribution in [0.1, 0.15) is 35.4 Å². The molecule has 8 nitrogen and oxygen atoms in total. The molecule has 2 aliphatic rings. The summed E-state index contributed by atoms with van der Waals surface area (Å²) in [5.41, 5.74) is 5.34. The Morgan fingerprint density at radius 2 is 2.02 bits per heavy atom. The van der Waals surface area contributed by atoms with Gasteiger partial charge in [0.15, 0.2) is 0 Å². The van der Waals surface area contributed by atoms with Crippen LogP contribution in [0.3, 0.4) is 0 Å². The van der Waals surface area contributed by atoms with E-state index in [1.807, 2.05) is 35.8 Å². The highest BCUT2D eigenvalue weighted by atomic mass is 32.2. The number of aromatic amines is 1. The van der Waals surface area contributed by atoms with Crippen LogP contribution in [0.5, 0.6) is 0 Å². The van der Waals surface area contributed by atoms with Gasteiger partial charge in [-0.1, -0.05) is 41.7 Å². The summed E-state index contributed by atoms with van der Waals surface area (Å²) in [5, 5.41) is 3.79. The van der Waals surface area contributed by atoms with Crippen molar-refractivity contribution in [3.05, 3.63) is 100 Å². The molecule has 0 spiro atoms. The largest absolute Gasteiger partial charge is 0.383 e. The molecule has 4 heterocycles. The Hall–Kier alpha value is -3.28. The van der Waals surface area contributed by atoms with Crippen molar-refractivity contribution in [1.29, 1.82) is 0 Å². The molecule has 2 unspecified atom stereocenters. The second-order valence-corrected chi connectivity index (χ2v) is 13.4. The molecule has 1 fully saturated rings. The number of benzene rings is 2. The number of methoxy groups -OCH3 is 1. The Kier molecular flexibility index (Phi) is 9.93. The first-order valence-corrected chi connectivity index (χ1v) is 16.6.